The van der Waals surface area contributed by atoms with E-state index in [-0.39, 0.29) is 11.7 Å². The maximum absolute atomic E-state index is 13.3. The van der Waals surface area contributed by atoms with E-state index < -0.39 is 0 Å². The van der Waals surface area contributed by atoms with Gasteiger partial charge >= 0.3 is 0 Å². The van der Waals surface area contributed by atoms with E-state index in [0.717, 1.165) is 21.9 Å². The fraction of sp³-hybridized carbons (Fsp3) is 0.312. The van der Waals surface area contributed by atoms with Gasteiger partial charge in [0.25, 0.3) is 5.91 Å². The van der Waals surface area contributed by atoms with E-state index in [9.17, 15) is 9.18 Å². The zero-order valence-electron chi connectivity index (χ0n) is 13.3. The van der Waals surface area contributed by atoms with Gasteiger partial charge in [0.05, 0.1) is 16.0 Å². The average molecular weight is 347 g/mol. The molecule has 0 aliphatic heterocycles. The molecule has 3 aromatic rings. The van der Waals surface area contributed by atoms with Gasteiger partial charge in [-0.3, -0.25) is 4.79 Å². The summed E-state index contributed by atoms with van der Waals surface area (Å²) >= 11 is 1.44. The number of thiazole rings is 1. The van der Waals surface area contributed by atoms with Gasteiger partial charge in [-0.25, -0.2) is 14.4 Å². The van der Waals surface area contributed by atoms with Gasteiger partial charge in [-0.15, -0.1) is 11.3 Å². The van der Waals surface area contributed by atoms with Crippen LogP contribution in [0.1, 0.15) is 21.3 Å². The molecular weight excluding hydrogens is 329 g/mol. The van der Waals surface area contributed by atoms with Crippen molar-refractivity contribution in [2.75, 3.05) is 13.1 Å². The third-order valence-electron chi connectivity index (χ3n) is 3.71. The standard InChI is InChI=1S/C16H18FN5OS/c1-22-13-8-10(17)2-3-11(13)20-14(22)5-7-19-16(23)12-9-24-15(21-12)4-6-18/h2-3,8-9H,4-7,18H2,1H3,(H,19,23). The minimum atomic E-state index is -0.290. The van der Waals surface area contributed by atoms with E-state index in [1.165, 1.54) is 23.5 Å². The van der Waals surface area contributed by atoms with Crippen LogP contribution in [0.5, 0.6) is 0 Å². The fourth-order valence-corrected chi connectivity index (χ4v) is 3.26. The Hall–Kier alpha value is -2.32. The average Bonchev–Trinajstić information content (AvgIpc) is 3.14. The van der Waals surface area contributed by atoms with E-state index >= 15 is 0 Å². The molecule has 0 unspecified atom stereocenters. The smallest absolute Gasteiger partial charge is 0.270 e. The van der Waals surface area contributed by atoms with E-state index in [4.69, 9.17) is 5.73 Å². The molecule has 2 heterocycles. The Kier molecular flexibility index (Phi) is 4.86. The molecule has 0 radical (unpaired) electrons. The van der Waals surface area contributed by atoms with Crippen LogP contribution in [-0.2, 0) is 19.9 Å². The number of amides is 1. The number of rotatable bonds is 6. The first-order chi connectivity index (χ1) is 11.6. The molecule has 0 bridgehead atoms. The molecule has 8 heteroatoms. The topological polar surface area (TPSA) is 85.8 Å². The number of nitrogens with zero attached hydrogens (tertiary/aromatic N) is 3. The van der Waals surface area contributed by atoms with E-state index in [2.05, 4.69) is 15.3 Å². The molecule has 0 aliphatic carbocycles. The normalized spacial score (nSPS) is 11.1. The molecule has 3 N–H and O–H groups in total. The minimum Gasteiger partial charge on any atom is -0.350 e. The first-order valence-electron chi connectivity index (χ1n) is 7.62. The molecule has 0 saturated heterocycles. The van der Waals surface area contributed by atoms with Crippen molar-refractivity contribution in [3.05, 3.63) is 45.9 Å². The number of hydrogen-bond acceptors (Lipinski definition) is 5. The second-order valence-electron chi connectivity index (χ2n) is 5.39. The van der Waals surface area contributed by atoms with Crippen molar-refractivity contribution in [1.29, 1.82) is 0 Å². The highest BCUT2D eigenvalue weighted by atomic mass is 32.1. The van der Waals surface area contributed by atoms with Crippen LogP contribution >= 0.6 is 11.3 Å². The van der Waals surface area contributed by atoms with Gasteiger partial charge in [0, 0.05) is 31.8 Å². The predicted molar refractivity (Wildman–Crippen MR) is 91.6 cm³/mol. The molecule has 1 aromatic carbocycles. The monoisotopic (exact) mass is 347 g/mol. The Morgan fingerprint density at radius 2 is 2.21 bits per heavy atom. The Labute approximate surface area is 142 Å². The number of fused-ring (bicyclic) bond motifs is 1. The molecule has 2 aromatic heterocycles. The highest BCUT2D eigenvalue weighted by Gasteiger charge is 2.12. The summed E-state index contributed by atoms with van der Waals surface area (Å²) in [6, 6.07) is 4.50. The molecule has 6 nitrogen and oxygen atoms in total. The molecular formula is C16H18FN5OS. The van der Waals surface area contributed by atoms with Crippen molar-refractivity contribution in [1.82, 2.24) is 19.9 Å². The van der Waals surface area contributed by atoms with Gasteiger partial charge in [0.1, 0.15) is 17.3 Å². The number of halogens is 1. The van der Waals surface area contributed by atoms with Crippen LogP contribution in [0.25, 0.3) is 11.0 Å². The van der Waals surface area contributed by atoms with Crippen molar-refractivity contribution >= 4 is 28.3 Å². The number of aryl methyl sites for hydroxylation is 1. The molecule has 1 amide bonds. The van der Waals surface area contributed by atoms with Crippen molar-refractivity contribution in [3.63, 3.8) is 0 Å². The minimum absolute atomic E-state index is 0.209. The lowest BCUT2D eigenvalue weighted by molar-refractivity contribution is 0.0949. The van der Waals surface area contributed by atoms with Crippen LogP contribution < -0.4 is 11.1 Å². The van der Waals surface area contributed by atoms with Crippen LogP contribution in [0.3, 0.4) is 0 Å². The van der Waals surface area contributed by atoms with E-state index in [1.54, 1.807) is 11.4 Å². The van der Waals surface area contributed by atoms with Crippen molar-refractivity contribution in [2.24, 2.45) is 12.8 Å². The first-order valence-corrected chi connectivity index (χ1v) is 8.50. The highest BCUT2D eigenvalue weighted by molar-refractivity contribution is 7.09. The second kappa shape index (κ2) is 7.06. The van der Waals surface area contributed by atoms with Crippen LogP contribution in [0.15, 0.2) is 23.6 Å². The van der Waals surface area contributed by atoms with Gasteiger partial charge in [-0.05, 0) is 24.7 Å². The lowest BCUT2D eigenvalue weighted by atomic mass is 10.3. The van der Waals surface area contributed by atoms with Gasteiger partial charge < -0.3 is 15.6 Å². The Bertz CT molecular complexity index is 873. The maximum atomic E-state index is 13.3. The quantitative estimate of drug-likeness (QED) is 0.710. The van der Waals surface area contributed by atoms with Crippen LogP contribution in [0.4, 0.5) is 4.39 Å². The number of benzene rings is 1. The zero-order valence-corrected chi connectivity index (χ0v) is 14.1. The molecule has 3 rings (SSSR count). The zero-order chi connectivity index (χ0) is 17.1. The van der Waals surface area contributed by atoms with E-state index in [1.807, 2.05) is 11.6 Å². The molecule has 126 valence electrons. The van der Waals surface area contributed by atoms with Crippen molar-refractivity contribution in [3.8, 4) is 0 Å². The lowest BCUT2D eigenvalue weighted by Crippen LogP contribution is -2.26. The predicted octanol–water partition coefficient (Wildman–Crippen LogP) is 1.64. The third kappa shape index (κ3) is 3.44. The van der Waals surface area contributed by atoms with Gasteiger partial charge in [-0.1, -0.05) is 0 Å². The summed E-state index contributed by atoms with van der Waals surface area (Å²) in [5.74, 6) is 0.291. The second-order valence-corrected chi connectivity index (χ2v) is 6.33. The largest absolute Gasteiger partial charge is 0.350 e. The SMILES string of the molecule is Cn1c(CCNC(=O)c2csc(CCN)n2)nc2ccc(F)cc21. The number of nitrogens with two attached hydrogens (primary N) is 1. The Morgan fingerprint density at radius 3 is 3.00 bits per heavy atom. The number of nitrogens with one attached hydrogen (secondary N) is 1. The molecule has 24 heavy (non-hydrogen) atoms. The molecule has 0 saturated carbocycles. The number of carbonyl (C=O) groups is 1. The molecule has 0 aliphatic rings. The Morgan fingerprint density at radius 1 is 1.38 bits per heavy atom. The summed E-state index contributed by atoms with van der Waals surface area (Å²) in [4.78, 5) is 20.8. The first kappa shape index (κ1) is 16.5. The van der Waals surface area contributed by atoms with Crippen molar-refractivity contribution < 1.29 is 9.18 Å². The van der Waals surface area contributed by atoms with Gasteiger partial charge in [0.2, 0.25) is 0 Å². The van der Waals surface area contributed by atoms with E-state index in [0.29, 0.717) is 31.6 Å². The summed E-state index contributed by atoms with van der Waals surface area (Å²) < 4.78 is 15.2. The highest BCUT2D eigenvalue weighted by Crippen LogP contribution is 2.16. The summed E-state index contributed by atoms with van der Waals surface area (Å²) in [6.45, 7) is 0.949. The van der Waals surface area contributed by atoms with Crippen LogP contribution in [0.2, 0.25) is 0 Å². The van der Waals surface area contributed by atoms with Crippen LogP contribution in [-0.4, -0.2) is 33.5 Å². The Balaban J connectivity index is 1.61. The lowest BCUT2D eigenvalue weighted by Gasteiger charge is -2.04. The molecule has 0 atom stereocenters. The van der Waals surface area contributed by atoms with Crippen molar-refractivity contribution in [2.45, 2.75) is 12.8 Å². The molecule has 0 fully saturated rings. The number of aromatic nitrogens is 3. The number of hydrogen-bond donors (Lipinski definition) is 2. The fourth-order valence-electron chi connectivity index (χ4n) is 2.47. The van der Waals surface area contributed by atoms with Gasteiger partial charge in [-0.2, -0.15) is 0 Å². The number of imidazole rings is 1. The summed E-state index contributed by atoms with van der Waals surface area (Å²) in [7, 11) is 1.84. The third-order valence-corrected chi connectivity index (χ3v) is 4.62. The van der Waals surface area contributed by atoms with Gasteiger partial charge in [0.15, 0.2) is 0 Å². The summed E-state index contributed by atoms with van der Waals surface area (Å²) in [6.07, 6.45) is 1.23. The number of carbonyl (C=O) groups excluding carboxylic acids is 1. The summed E-state index contributed by atoms with van der Waals surface area (Å²) in [5, 5.41) is 5.43. The maximum Gasteiger partial charge on any atom is 0.270 e. The molecule has 0 spiro atoms. The summed E-state index contributed by atoms with van der Waals surface area (Å²) in [5.41, 5.74) is 7.37. The van der Waals surface area contributed by atoms with Crippen LogP contribution in [0, 0.1) is 5.82 Å².